The molecule has 1 heterocycles. The molecule has 1 aliphatic heterocycles. The Bertz CT molecular complexity index is 846. The Labute approximate surface area is 147 Å². The van der Waals surface area contributed by atoms with E-state index in [1.165, 1.54) is 36.4 Å². The molecule has 0 aliphatic carbocycles. The molecule has 2 aromatic carbocycles. The van der Waals surface area contributed by atoms with Gasteiger partial charge < -0.3 is 4.52 Å². The molecular weight excluding hydrogens is 376 g/mol. The normalized spacial score (nSPS) is 23.2. The average Bonchev–Trinajstić information content (AvgIpc) is 2.57. The predicted octanol–water partition coefficient (Wildman–Crippen LogP) is 5.05. The van der Waals surface area contributed by atoms with Crippen molar-refractivity contribution in [1.82, 2.24) is 0 Å². The molecule has 132 valence electrons. The summed E-state index contributed by atoms with van der Waals surface area (Å²) in [6, 6.07) is 9.14. The minimum Gasteiger partial charge on any atom is -0.404 e. The van der Waals surface area contributed by atoms with Crippen molar-refractivity contribution in [2.75, 3.05) is 6.61 Å². The zero-order valence-electron chi connectivity index (χ0n) is 12.6. The fourth-order valence-electron chi connectivity index (χ4n) is 2.26. The Morgan fingerprint density at radius 1 is 1.28 bits per heavy atom. The largest absolute Gasteiger partial charge is 0.530 e. The second kappa shape index (κ2) is 7.09. The first kappa shape index (κ1) is 17.8. The number of nitro benzene ring substituents is 1. The van der Waals surface area contributed by atoms with E-state index >= 15 is 0 Å². The topological polar surface area (TPSA) is 87.9 Å². The van der Waals surface area contributed by atoms with Crippen molar-refractivity contribution in [3.8, 4) is 5.75 Å². The van der Waals surface area contributed by atoms with Crippen molar-refractivity contribution in [3.63, 3.8) is 0 Å². The lowest BCUT2D eigenvalue weighted by Gasteiger charge is -2.29. The van der Waals surface area contributed by atoms with Crippen LogP contribution in [-0.2, 0) is 13.6 Å². The van der Waals surface area contributed by atoms with Crippen molar-refractivity contribution in [1.29, 1.82) is 0 Å². The molecule has 25 heavy (non-hydrogen) atoms. The minimum atomic E-state index is -3.95. The van der Waals surface area contributed by atoms with Crippen LogP contribution in [0.4, 0.5) is 10.1 Å². The number of nitro groups is 1. The second-order valence-corrected chi connectivity index (χ2v) is 7.13. The van der Waals surface area contributed by atoms with Crippen LogP contribution < -0.4 is 4.52 Å². The van der Waals surface area contributed by atoms with Gasteiger partial charge in [0.05, 0.1) is 22.7 Å². The van der Waals surface area contributed by atoms with Crippen LogP contribution in [0, 0.1) is 15.9 Å². The molecule has 2 atom stereocenters. The van der Waals surface area contributed by atoms with E-state index in [1.807, 2.05) is 0 Å². The fraction of sp³-hybridized carbons (Fsp3) is 0.200. The molecule has 3 rings (SSSR count). The summed E-state index contributed by atoms with van der Waals surface area (Å²) >= 11 is 5.65. The number of halogens is 2. The molecule has 0 aromatic heterocycles. The van der Waals surface area contributed by atoms with Gasteiger partial charge in [-0.25, -0.2) is 8.96 Å². The van der Waals surface area contributed by atoms with E-state index < -0.39 is 24.7 Å². The van der Waals surface area contributed by atoms with Crippen LogP contribution in [0.25, 0.3) is 0 Å². The van der Waals surface area contributed by atoms with Gasteiger partial charge in [-0.05, 0) is 29.8 Å². The van der Waals surface area contributed by atoms with Gasteiger partial charge in [0.2, 0.25) is 0 Å². The maximum absolute atomic E-state index is 13.6. The monoisotopic (exact) mass is 387 g/mol. The van der Waals surface area contributed by atoms with Crippen LogP contribution in [0.5, 0.6) is 5.75 Å². The number of hydrogen-bond acceptors (Lipinski definition) is 6. The van der Waals surface area contributed by atoms with Crippen LogP contribution in [0.1, 0.15) is 18.1 Å². The summed E-state index contributed by atoms with van der Waals surface area (Å²) in [6.07, 6.45) is -0.335. The number of phosphoric ester groups is 1. The van der Waals surface area contributed by atoms with E-state index in [4.69, 9.17) is 25.2 Å². The van der Waals surface area contributed by atoms with Gasteiger partial charge >= 0.3 is 7.82 Å². The SMILES string of the molecule is O=[N+]([O-])c1ccc(O[P@@]2(=O)OCC[C@H](c3ccc(Cl)c(F)c3)O2)cc1. The number of hydrogen-bond donors (Lipinski definition) is 0. The van der Waals surface area contributed by atoms with Gasteiger partial charge in [-0.15, -0.1) is 0 Å². The first-order valence-electron chi connectivity index (χ1n) is 7.18. The molecule has 7 nitrogen and oxygen atoms in total. The number of non-ortho nitro benzene ring substituents is 1. The van der Waals surface area contributed by atoms with E-state index in [1.54, 1.807) is 6.07 Å². The molecule has 0 saturated carbocycles. The maximum atomic E-state index is 13.6. The third-order valence-corrected chi connectivity index (χ3v) is 5.22. The zero-order valence-corrected chi connectivity index (χ0v) is 14.3. The van der Waals surface area contributed by atoms with Gasteiger partial charge in [-0.3, -0.25) is 19.2 Å². The molecule has 1 aliphatic rings. The van der Waals surface area contributed by atoms with Gasteiger partial charge in [0.1, 0.15) is 11.6 Å². The van der Waals surface area contributed by atoms with E-state index in [9.17, 15) is 19.1 Å². The molecule has 0 bridgehead atoms. The Balaban J connectivity index is 1.75. The van der Waals surface area contributed by atoms with Crippen LogP contribution >= 0.6 is 19.4 Å². The number of phosphoric acid groups is 1. The van der Waals surface area contributed by atoms with Crippen molar-refractivity contribution in [2.45, 2.75) is 12.5 Å². The Hall–Kier alpha value is -1.99. The summed E-state index contributed by atoms with van der Waals surface area (Å²) in [5, 5.41) is 10.6. The third-order valence-electron chi connectivity index (χ3n) is 3.47. The van der Waals surface area contributed by atoms with Crippen LogP contribution in [0.3, 0.4) is 0 Å². The Morgan fingerprint density at radius 2 is 2.00 bits per heavy atom. The van der Waals surface area contributed by atoms with Crippen LogP contribution in [0.15, 0.2) is 42.5 Å². The fourth-order valence-corrected chi connectivity index (χ4v) is 3.78. The molecule has 10 heteroatoms. The van der Waals surface area contributed by atoms with Crippen LogP contribution in [0.2, 0.25) is 5.02 Å². The molecule has 0 unspecified atom stereocenters. The van der Waals surface area contributed by atoms with Gasteiger partial charge in [0, 0.05) is 18.6 Å². The summed E-state index contributed by atoms with van der Waals surface area (Å²) in [5.74, 6) is -0.516. The van der Waals surface area contributed by atoms with Gasteiger partial charge in [-0.2, -0.15) is 0 Å². The maximum Gasteiger partial charge on any atom is 0.530 e. The highest BCUT2D eigenvalue weighted by molar-refractivity contribution is 7.49. The molecule has 0 radical (unpaired) electrons. The molecular formula is C15H12ClFNO6P. The molecule has 0 spiro atoms. The quantitative estimate of drug-likeness (QED) is 0.414. The predicted molar refractivity (Wildman–Crippen MR) is 87.1 cm³/mol. The van der Waals surface area contributed by atoms with Crippen molar-refractivity contribution < 1.29 is 27.5 Å². The Kier molecular flexibility index (Phi) is 5.06. The molecule has 1 saturated heterocycles. The summed E-state index contributed by atoms with van der Waals surface area (Å²) < 4.78 is 42.0. The lowest BCUT2D eigenvalue weighted by molar-refractivity contribution is -0.384. The smallest absolute Gasteiger partial charge is 0.404 e. The van der Waals surface area contributed by atoms with Crippen molar-refractivity contribution in [3.05, 3.63) is 69.0 Å². The number of benzene rings is 2. The van der Waals surface area contributed by atoms with E-state index in [0.717, 1.165) is 0 Å². The van der Waals surface area contributed by atoms with Crippen molar-refractivity contribution >= 4 is 25.1 Å². The highest BCUT2D eigenvalue weighted by Crippen LogP contribution is 2.56. The Morgan fingerprint density at radius 3 is 2.64 bits per heavy atom. The minimum absolute atomic E-state index is 0.0267. The lowest BCUT2D eigenvalue weighted by atomic mass is 10.1. The molecule has 0 amide bonds. The summed E-state index contributed by atoms with van der Waals surface area (Å²) in [4.78, 5) is 10.1. The standard InChI is InChI=1S/C15H12ClFNO6P/c16-13-6-1-10(9-14(13)17)15-7-8-22-25(21,24-15)23-12-4-2-11(3-5-12)18(19)20/h1-6,9,15H,7-8H2/t15-,25-/m1/s1. The van der Waals surface area contributed by atoms with Crippen molar-refractivity contribution in [2.24, 2.45) is 0 Å². The first-order chi connectivity index (χ1) is 11.9. The number of nitrogens with zero attached hydrogens (tertiary/aromatic N) is 1. The van der Waals surface area contributed by atoms with Gasteiger partial charge in [-0.1, -0.05) is 17.7 Å². The molecule has 2 aromatic rings. The van der Waals surface area contributed by atoms with E-state index in [0.29, 0.717) is 12.0 Å². The average molecular weight is 388 g/mol. The number of rotatable bonds is 4. The zero-order chi connectivity index (χ0) is 18.0. The van der Waals surface area contributed by atoms with Gasteiger partial charge in [0.25, 0.3) is 5.69 Å². The highest BCUT2D eigenvalue weighted by Gasteiger charge is 2.37. The molecule has 0 N–H and O–H groups in total. The van der Waals surface area contributed by atoms with Crippen LogP contribution in [-0.4, -0.2) is 11.5 Å². The third kappa shape index (κ3) is 4.16. The van der Waals surface area contributed by atoms with E-state index in [-0.39, 0.29) is 23.1 Å². The van der Waals surface area contributed by atoms with Gasteiger partial charge in [0.15, 0.2) is 0 Å². The second-order valence-electron chi connectivity index (χ2n) is 5.18. The lowest BCUT2D eigenvalue weighted by Crippen LogP contribution is -2.16. The highest BCUT2D eigenvalue weighted by atomic mass is 35.5. The summed E-state index contributed by atoms with van der Waals surface area (Å²) in [7, 11) is -3.95. The first-order valence-corrected chi connectivity index (χ1v) is 9.02. The summed E-state index contributed by atoms with van der Waals surface area (Å²) in [6.45, 7) is 0.0825. The van der Waals surface area contributed by atoms with E-state index in [2.05, 4.69) is 0 Å². The molecule has 1 fully saturated rings. The summed E-state index contributed by atoms with van der Waals surface area (Å²) in [5.41, 5.74) is 0.323.